The molecule has 0 aliphatic rings. The lowest BCUT2D eigenvalue weighted by Crippen LogP contribution is -2.27. The second-order valence-electron chi connectivity index (χ2n) is 4.91. The molecule has 0 heterocycles. The first-order valence-electron chi connectivity index (χ1n) is 7.27. The maximum atomic E-state index is 11.7. The largest absolute Gasteiger partial charge is 0.352 e. The van der Waals surface area contributed by atoms with E-state index < -0.39 is 0 Å². The van der Waals surface area contributed by atoms with Gasteiger partial charge >= 0.3 is 0 Å². The van der Waals surface area contributed by atoms with E-state index in [1.165, 1.54) is 19.3 Å². The van der Waals surface area contributed by atoms with Gasteiger partial charge in [0, 0.05) is 12.6 Å². The second kappa shape index (κ2) is 9.37. The van der Waals surface area contributed by atoms with Crippen LogP contribution in [-0.2, 0) is 4.79 Å². The predicted molar refractivity (Wildman–Crippen MR) is 81.8 cm³/mol. The number of benzene rings is 1. The van der Waals surface area contributed by atoms with Gasteiger partial charge in [-0.3, -0.25) is 4.79 Å². The molecule has 0 aliphatic heterocycles. The van der Waals surface area contributed by atoms with Crippen LogP contribution in [0.3, 0.4) is 0 Å². The molecule has 0 fully saturated rings. The summed E-state index contributed by atoms with van der Waals surface area (Å²) >= 11 is 0. The summed E-state index contributed by atoms with van der Waals surface area (Å²) in [5.41, 5.74) is 1.05. The molecule has 1 amide bonds. The normalized spacial score (nSPS) is 12.5. The van der Waals surface area contributed by atoms with Crippen molar-refractivity contribution in [3.8, 4) is 0 Å². The number of carbonyl (C=O) groups excluding carboxylic acids is 1. The van der Waals surface area contributed by atoms with Crippen molar-refractivity contribution < 1.29 is 4.79 Å². The monoisotopic (exact) mass is 259 g/mol. The summed E-state index contributed by atoms with van der Waals surface area (Å²) in [6, 6.07) is 9.88. The van der Waals surface area contributed by atoms with Gasteiger partial charge in [-0.25, -0.2) is 0 Å². The molecule has 1 aromatic rings. The van der Waals surface area contributed by atoms with E-state index >= 15 is 0 Å². The molecule has 1 unspecified atom stereocenters. The van der Waals surface area contributed by atoms with E-state index in [9.17, 15) is 4.79 Å². The van der Waals surface area contributed by atoms with Crippen molar-refractivity contribution in [3.05, 3.63) is 42.0 Å². The number of carbonyl (C=O) groups is 1. The molecule has 2 nitrogen and oxygen atoms in total. The number of rotatable bonds is 8. The third-order valence-electron chi connectivity index (χ3n) is 3.33. The third kappa shape index (κ3) is 6.80. The van der Waals surface area contributed by atoms with Crippen LogP contribution in [0.1, 0.15) is 45.1 Å². The third-order valence-corrected chi connectivity index (χ3v) is 3.33. The fourth-order valence-corrected chi connectivity index (χ4v) is 1.98. The highest BCUT2D eigenvalue weighted by atomic mass is 16.1. The highest BCUT2D eigenvalue weighted by molar-refractivity contribution is 5.91. The molecule has 0 bridgehead atoms. The number of amides is 1. The predicted octanol–water partition coefficient (Wildman–Crippen LogP) is 4.03. The minimum Gasteiger partial charge on any atom is -0.352 e. The zero-order chi connectivity index (χ0) is 13.9. The Balaban J connectivity index is 2.32. The number of hydrogen-bond donors (Lipinski definition) is 1. The average Bonchev–Trinajstić information content (AvgIpc) is 2.46. The van der Waals surface area contributed by atoms with Crippen LogP contribution in [0.25, 0.3) is 6.08 Å². The first kappa shape index (κ1) is 15.5. The van der Waals surface area contributed by atoms with Crippen molar-refractivity contribution in [1.29, 1.82) is 0 Å². The Morgan fingerprint density at radius 1 is 1.26 bits per heavy atom. The summed E-state index contributed by atoms with van der Waals surface area (Å²) in [4.78, 5) is 11.7. The topological polar surface area (TPSA) is 29.1 Å². The minimum absolute atomic E-state index is 0.00111. The molecular formula is C17H25NO. The number of nitrogens with one attached hydrogen (secondary N) is 1. The standard InChI is InChI=1S/C17H25NO/c1-3-5-9-15(4-2)14-18-17(19)13-12-16-10-7-6-8-11-16/h6-8,10-13,15H,3-5,9,14H2,1-2H3,(H,18,19)/b13-12+. The first-order valence-corrected chi connectivity index (χ1v) is 7.27. The quantitative estimate of drug-likeness (QED) is 0.702. The van der Waals surface area contributed by atoms with Crippen LogP contribution in [0, 0.1) is 5.92 Å². The van der Waals surface area contributed by atoms with Gasteiger partial charge in [0.05, 0.1) is 0 Å². The summed E-state index contributed by atoms with van der Waals surface area (Å²) in [6.07, 6.45) is 8.26. The highest BCUT2D eigenvalue weighted by Gasteiger charge is 2.06. The maximum absolute atomic E-state index is 11.7. The molecule has 1 atom stereocenters. The molecular weight excluding hydrogens is 234 g/mol. The molecule has 1 N–H and O–H groups in total. The Hall–Kier alpha value is -1.57. The van der Waals surface area contributed by atoms with Crippen molar-refractivity contribution >= 4 is 12.0 Å². The smallest absolute Gasteiger partial charge is 0.244 e. The van der Waals surface area contributed by atoms with Gasteiger partial charge in [-0.15, -0.1) is 0 Å². The fourth-order valence-electron chi connectivity index (χ4n) is 1.98. The molecule has 2 heteroatoms. The Morgan fingerprint density at radius 3 is 2.63 bits per heavy atom. The highest BCUT2D eigenvalue weighted by Crippen LogP contribution is 2.11. The summed E-state index contributed by atoms with van der Waals surface area (Å²) in [5.74, 6) is 0.604. The van der Waals surface area contributed by atoms with Crippen molar-refractivity contribution in [3.63, 3.8) is 0 Å². The molecule has 0 radical (unpaired) electrons. The lowest BCUT2D eigenvalue weighted by molar-refractivity contribution is -0.116. The summed E-state index contributed by atoms with van der Waals surface area (Å²) < 4.78 is 0. The first-order chi connectivity index (χ1) is 9.26. The van der Waals surface area contributed by atoms with Crippen LogP contribution in [0.5, 0.6) is 0 Å². The van der Waals surface area contributed by atoms with Gasteiger partial charge in [0.2, 0.25) is 5.91 Å². The summed E-state index contributed by atoms with van der Waals surface area (Å²) in [5, 5.41) is 2.99. The van der Waals surface area contributed by atoms with Gasteiger partial charge in [-0.1, -0.05) is 63.4 Å². The van der Waals surface area contributed by atoms with E-state index in [4.69, 9.17) is 0 Å². The minimum atomic E-state index is -0.00111. The zero-order valence-corrected chi connectivity index (χ0v) is 12.1. The van der Waals surface area contributed by atoms with E-state index in [0.29, 0.717) is 5.92 Å². The van der Waals surface area contributed by atoms with Gasteiger partial charge in [-0.2, -0.15) is 0 Å². The second-order valence-corrected chi connectivity index (χ2v) is 4.91. The van der Waals surface area contributed by atoms with Crippen molar-refractivity contribution in [2.75, 3.05) is 6.54 Å². The van der Waals surface area contributed by atoms with Gasteiger partial charge in [-0.05, 0) is 24.0 Å². The molecule has 0 saturated carbocycles. The summed E-state index contributed by atoms with van der Waals surface area (Å²) in [7, 11) is 0. The van der Waals surface area contributed by atoms with E-state index in [1.54, 1.807) is 6.08 Å². The molecule has 0 aromatic heterocycles. The van der Waals surface area contributed by atoms with E-state index in [2.05, 4.69) is 19.2 Å². The van der Waals surface area contributed by atoms with Crippen molar-refractivity contribution in [2.45, 2.75) is 39.5 Å². The van der Waals surface area contributed by atoms with Crippen LogP contribution in [0.2, 0.25) is 0 Å². The molecule has 19 heavy (non-hydrogen) atoms. The Labute approximate surface area is 116 Å². The fraction of sp³-hybridized carbons (Fsp3) is 0.471. The van der Waals surface area contributed by atoms with Gasteiger partial charge in [0.25, 0.3) is 0 Å². The van der Waals surface area contributed by atoms with Crippen LogP contribution in [0.15, 0.2) is 36.4 Å². The SMILES string of the molecule is CCCCC(CC)CNC(=O)/C=C/c1ccccc1. The Bertz CT molecular complexity index is 384. The van der Waals surface area contributed by atoms with Crippen LogP contribution in [-0.4, -0.2) is 12.5 Å². The van der Waals surface area contributed by atoms with Gasteiger partial charge in [0.15, 0.2) is 0 Å². The average molecular weight is 259 g/mol. The molecule has 0 saturated heterocycles. The lowest BCUT2D eigenvalue weighted by atomic mass is 9.99. The Kier molecular flexibility index (Phi) is 7.64. The lowest BCUT2D eigenvalue weighted by Gasteiger charge is -2.14. The van der Waals surface area contributed by atoms with Crippen molar-refractivity contribution in [2.24, 2.45) is 5.92 Å². The summed E-state index contributed by atoms with van der Waals surface area (Å²) in [6.45, 7) is 5.18. The molecule has 1 aromatic carbocycles. The molecule has 1 rings (SSSR count). The van der Waals surface area contributed by atoms with E-state index in [1.807, 2.05) is 36.4 Å². The number of hydrogen-bond acceptors (Lipinski definition) is 1. The van der Waals surface area contributed by atoms with E-state index in [0.717, 1.165) is 18.5 Å². The number of unbranched alkanes of at least 4 members (excludes halogenated alkanes) is 1. The molecule has 0 spiro atoms. The Morgan fingerprint density at radius 2 is 2.00 bits per heavy atom. The van der Waals surface area contributed by atoms with Crippen molar-refractivity contribution in [1.82, 2.24) is 5.32 Å². The van der Waals surface area contributed by atoms with Crippen LogP contribution >= 0.6 is 0 Å². The van der Waals surface area contributed by atoms with Crippen LogP contribution in [0.4, 0.5) is 0 Å². The maximum Gasteiger partial charge on any atom is 0.244 e. The zero-order valence-electron chi connectivity index (χ0n) is 12.1. The van der Waals surface area contributed by atoms with Gasteiger partial charge < -0.3 is 5.32 Å². The van der Waals surface area contributed by atoms with E-state index in [-0.39, 0.29) is 5.91 Å². The molecule has 0 aliphatic carbocycles. The van der Waals surface area contributed by atoms with Gasteiger partial charge in [0.1, 0.15) is 0 Å². The van der Waals surface area contributed by atoms with Crippen LogP contribution < -0.4 is 5.32 Å². The molecule has 104 valence electrons.